The smallest absolute Gasteiger partial charge is 0.200 e. The van der Waals surface area contributed by atoms with E-state index in [0.29, 0.717) is 15.8 Å². The summed E-state index contributed by atoms with van der Waals surface area (Å²) in [6.07, 6.45) is 0. The van der Waals surface area contributed by atoms with E-state index in [9.17, 15) is 27.1 Å². The van der Waals surface area contributed by atoms with E-state index in [2.05, 4.69) is 0 Å². The van der Waals surface area contributed by atoms with Crippen molar-refractivity contribution >= 4 is 47.9 Å². The summed E-state index contributed by atoms with van der Waals surface area (Å²) in [6, 6.07) is 1.80. The number of thiophene rings is 1. The van der Waals surface area contributed by atoms with Gasteiger partial charge in [-0.2, -0.15) is 0 Å². The minimum Gasteiger partial charge on any atom is -0.507 e. The van der Waals surface area contributed by atoms with Crippen molar-refractivity contribution in [2.45, 2.75) is 39.3 Å². The molecular formula is C20H21F5OSSi2. The molecule has 1 nitrogen and oxygen atoms in total. The maximum absolute atomic E-state index is 14.8. The molecule has 0 amide bonds. The molecule has 29 heavy (non-hydrogen) atoms. The molecule has 2 aromatic carbocycles. The zero-order valence-electron chi connectivity index (χ0n) is 16.9. The Kier molecular flexibility index (Phi) is 5.24. The zero-order chi connectivity index (χ0) is 22.0. The van der Waals surface area contributed by atoms with E-state index in [1.165, 1.54) is 11.3 Å². The Labute approximate surface area is 171 Å². The SMILES string of the molecule is C[Si](C)(C)c1c(-c2c(F)c(F)c(F)c(F)c2F)c(O)c([Si](C)(C)C)c2sccc12. The number of phenolic OH excluding ortho intramolecular Hbond substituents is 1. The van der Waals surface area contributed by atoms with Gasteiger partial charge in [0.2, 0.25) is 5.82 Å². The molecule has 9 heteroatoms. The largest absolute Gasteiger partial charge is 0.507 e. The molecular weight excluding hydrogens is 439 g/mol. The van der Waals surface area contributed by atoms with Gasteiger partial charge in [0.25, 0.3) is 0 Å². The van der Waals surface area contributed by atoms with Crippen LogP contribution in [0.1, 0.15) is 0 Å². The fourth-order valence-corrected chi connectivity index (χ4v) is 9.43. The van der Waals surface area contributed by atoms with Gasteiger partial charge in [0.15, 0.2) is 23.3 Å². The summed E-state index contributed by atoms with van der Waals surface area (Å²) in [5.41, 5.74) is -1.32. The van der Waals surface area contributed by atoms with Crippen molar-refractivity contribution in [2.24, 2.45) is 0 Å². The van der Waals surface area contributed by atoms with Crippen LogP contribution in [-0.2, 0) is 0 Å². The van der Waals surface area contributed by atoms with Gasteiger partial charge < -0.3 is 5.11 Å². The quantitative estimate of drug-likeness (QED) is 0.218. The minimum atomic E-state index is -2.41. The third-order valence-electron chi connectivity index (χ3n) is 4.85. The molecule has 0 saturated heterocycles. The van der Waals surface area contributed by atoms with Crippen molar-refractivity contribution in [3.05, 3.63) is 40.5 Å². The van der Waals surface area contributed by atoms with Gasteiger partial charge in [-0.15, -0.1) is 11.3 Å². The van der Waals surface area contributed by atoms with Crippen molar-refractivity contribution in [1.82, 2.24) is 0 Å². The highest BCUT2D eigenvalue weighted by Gasteiger charge is 2.37. The highest BCUT2D eigenvalue weighted by Crippen LogP contribution is 2.40. The normalized spacial score (nSPS) is 12.8. The molecule has 1 aromatic heterocycles. The maximum Gasteiger partial charge on any atom is 0.200 e. The maximum atomic E-state index is 14.8. The van der Waals surface area contributed by atoms with Gasteiger partial charge in [0.1, 0.15) is 5.75 Å². The Morgan fingerprint density at radius 1 is 0.690 bits per heavy atom. The molecule has 0 aliphatic heterocycles. The molecule has 0 radical (unpaired) electrons. The number of hydrogen-bond donors (Lipinski definition) is 1. The Balaban J connectivity index is 2.68. The van der Waals surface area contributed by atoms with Crippen LogP contribution in [0.5, 0.6) is 5.75 Å². The van der Waals surface area contributed by atoms with Crippen LogP contribution in [0, 0.1) is 29.1 Å². The number of halogens is 5. The molecule has 0 aliphatic rings. The van der Waals surface area contributed by atoms with Crippen molar-refractivity contribution in [2.75, 3.05) is 0 Å². The Bertz CT molecular complexity index is 1110. The third kappa shape index (κ3) is 3.32. The third-order valence-corrected chi connectivity index (χ3v) is 9.96. The number of fused-ring (bicyclic) bond motifs is 1. The Morgan fingerprint density at radius 3 is 1.59 bits per heavy atom. The van der Waals surface area contributed by atoms with Gasteiger partial charge in [-0.1, -0.05) is 39.3 Å². The lowest BCUT2D eigenvalue weighted by Gasteiger charge is -2.29. The highest BCUT2D eigenvalue weighted by atomic mass is 32.1. The lowest BCUT2D eigenvalue weighted by Crippen LogP contribution is -2.44. The molecule has 0 aliphatic carbocycles. The average molecular weight is 461 g/mol. The van der Waals surface area contributed by atoms with Crippen LogP contribution in [0.15, 0.2) is 11.4 Å². The number of benzene rings is 2. The van der Waals surface area contributed by atoms with Crippen molar-refractivity contribution in [3.8, 4) is 16.9 Å². The van der Waals surface area contributed by atoms with Crippen LogP contribution in [0.2, 0.25) is 39.3 Å². The van der Waals surface area contributed by atoms with E-state index >= 15 is 0 Å². The Morgan fingerprint density at radius 2 is 1.14 bits per heavy atom. The predicted molar refractivity (Wildman–Crippen MR) is 115 cm³/mol. The van der Waals surface area contributed by atoms with E-state index < -0.39 is 50.8 Å². The first kappa shape index (κ1) is 22.0. The zero-order valence-corrected chi connectivity index (χ0v) is 19.7. The molecule has 0 fully saturated rings. The summed E-state index contributed by atoms with van der Waals surface area (Å²) in [7, 11) is -4.66. The molecule has 0 spiro atoms. The van der Waals surface area contributed by atoms with Crippen LogP contribution >= 0.6 is 11.3 Å². The van der Waals surface area contributed by atoms with Gasteiger partial charge >= 0.3 is 0 Å². The lowest BCUT2D eigenvalue weighted by molar-refractivity contribution is 0.380. The summed E-state index contributed by atoms with van der Waals surface area (Å²) >= 11 is 1.41. The second kappa shape index (κ2) is 6.92. The first-order valence-electron chi connectivity index (χ1n) is 8.98. The average Bonchev–Trinajstić information content (AvgIpc) is 3.04. The number of phenols is 1. The highest BCUT2D eigenvalue weighted by molar-refractivity contribution is 7.20. The first-order valence-corrected chi connectivity index (χ1v) is 16.9. The summed E-state index contributed by atoms with van der Waals surface area (Å²) in [5, 5.41) is 14.8. The second-order valence-electron chi connectivity index (χ2n) is 9.08. The van der Waals surface area contributed by atoms with Crippen LogP contribution in [0.3, 0.4) is 0 Å². The van der Waals surface area contributed by atoms with Crippen molar-refractivity contribution in [3.63, 3.8) is 0 Å². The standard InChI is InChI=1S/C20H21F5OSSi2/c1-28(2,3)19-9-7-8-27-18(9)20(29(4,5)6)17(26)11(19)10-12(21)14(23)16(25)15(24)13(10)22/h7-8,26H,1-6H3. The summed E-state index contributed by atoms with van der Waals surface area (Å²) in [5.74, 6) is -10.5. The summed E-state index contributed by atoms with van der Waals surface area (Å²) < 4.78 is 72.1. The van der Waals surface area contributed by atoms with Crippen LogP contribution in [-0.4, -0.2) is 21.3 Å². The number of rotatable bonds is 3. The van der Waals surface area contributed by atoms with Crippen LogP contribution < -0.4 is 10.4 Å². The first-order chi connectivity index (χ1) is 13.2. The minimum absolute atomic E-state index is 0.264. The topological polar surface area (TPSA) is 20.2 Å². The van der Waals surface area contributed by atoms with Gasteiger partial charge in [0.05, 0.1) is 21.7 Å². The molecule has 0 unspecified atom stereocenters. The van der Waals surface area contributed by atoms with Crippen molar-refractivity contribution < 1.29 is 27.1 Å². The predicted octanol–water partition coefficient (Wildman–Crippen LogP) is 6.06. The molecule has 1 N–H and O–H groups in total. The van der Waals surface area contributed by atoms with Crippen LogP contribution in [0.4, 0.5) is 22.0 Å². The molecule has 0 saturated carbocycles. The summed E-state index contributed by atoms with van der Waals surface area (Å²) in [6.45, 7) is 11.6. The van der Waals surface area contributed by atoms with Gasteiger partial charge in [0, 0.05) is 10.3 Å². The van der Waals surface area contributed by atoms with Gasteiger partial charge in [-0.05, 0) is 27.2 Å². The van der Waals surface area contributed by atoms with Gasteiger partial charge in [-0.3, -0.25) is 0 Å². The number of aromatic hydroxyl groups is 1. The molecule has 0 bridgehead atoms. The molecule has 0 atom stereocenters. The molecule has 1 heterocycles. The molecule has 3 aromatic rings. The van der Waals surface area contributed by atoms with E-state index in [4.69, 9.17) is 0 Å². The summed E-state index contributed by atoms with van der Waals surface area (Å²) in [4.78, 5) is 0. The molecule has 3 rings (SSSR count). The van der Waals surface area contributed by atoms with Crippen molar-refractivity contribution in [1.29, 1.82) is 0 Å². The fraction of sp³-hybridized carbons (Fsp3) is 0.300. The molecule has 156 valence electrons. The second-order valence-corrected chi connectivity index (χ2v) is 20.0. The Hall–Kier alpha value is -1.72. The van der Waals surface area contributed by atoms with E-state index in [-0.39, 0.29) is 11.3 Å². The van der Waals surface area contributed by atoms with Gasteiger partial charge in [-0.25, -0.2) is 22.0 Å². The van der Waals surface area contributed by atoms with Crippen LogP contribution in [0.25, 0.3) is 21.2 Å². The monoisotopic (exact) mass is 460 g/mol. The lowest BCUT2D eigenvalue weighted by atomic mass is 10.0. The fourth-order valence-electron chi connectivity index (χ4n) is 3.73. The van der Waals surface area contributed by atoms with E-state index in [1.807, 2.05) is 44.7 Å². The van der Waals surface area contributed by atoms with E-state index in [0.717, 1.165) is 4.70 Å². The van der Waals surface area contributed by atoms with E-state index in [1.54, 1.807) is 6.07 Å². The number of hydrogen-bond acceptors (Lipinski definition) is 2.